The van der Waals surface area contributed by atoms with Gasteiger partial charge in [0.05, 0.1) is 18.8 Å². The van der Waals surface area contributed by atoms with Gasteiger partial charge in [-0.2, -0.15) is 0 Å². The van der Waals surface area contributed by atoms with Gasteiger partial charge in [-0.1, -0.05) is 50.3 Å². The molecular weight excluding hydrogens is 576 g/mol. The van der Waals surface area contributed by atoms with E-state index in [1.54, 1.807) is 4.90 Å². The van der Waals surface area contributed by atoms with Gasteiger partial charge in [-0.3, -0.25) is 9.59 Å². The molecule has 0 spiro atoms. The van der Waals surface area contributed by atoms with E-state index in [4.69, 9.17) is 9.47 Å². The lowest BCUT2D eigenvalue weighted by Gasteiger charge is -2.31. The Morgan fingerprint density at radius 2 is 1.77 bits per heavy atom. The number of aldehydes is 1. The minimum atomic E-state index is -3.30. The van der Waals surface area contributed by atoms with Crippen molar-refractivity contribution in [3.63, 3.8) is 0 Å². The summed E-state index contributed by atoms with van der Waals surface area (Å²) in [5.41, 5.74) is 0.915. The predicted molar refractivity (Wildman–Crippen MR) is 159 cm³/mol. The fraction of sp³-hybridized carbons (Fsp3) is 0.667. The van der Waals surface area contributed by atoms with Crippen molar-refractivity contribution in [2.75, 3.05) is 32.5 Å². The van der Waals surface area contributed by atoms with Crippen LogP contribution >= 0.6 is 0 Å². The highest BCUT2D eigenvalue weighted by Gasteiger charge is 2.31. The van der Waals surface area contributed by atoms with Gasteiger partial charge in [-0.25, -0.2) is 17.5 Å². The molecule has 2 unspecified atom stereocenters. The van der Waals surface area contributed by atoms with E-state index < -0.39 is 40.2 Å². The molecule has 1 aromatic carbocycles. The van der Waals surface area contributed by atoms with Crippen LogP contribution in [0.5, 0.6) is 5.75 Å². The van der Waals surface area contributed by atoms with Gasteiger partial charge in [0.15, 0.2) is 0 Å². The number of nitrogens with zero attached hydrogens (tertiary/aromatic N) is 2. The number of fused-ring (bicyclic) bond motifs is 1. The van der Waals surface area contributed by atoms with Crippen LogP contribution in [0.2, 0.25) is 0 Å². The highest BCUT2D eigenvalue weighted by Crippen LogP contribution is 2.28. The number of piperidine rings is 1. The lowest BCUT2D eigenvalue weighted by molar-refractivity contribution is -0.132. The Kier molecular flexibility index (Phi) is 11.8. The first-order chi connectivity index (χ1) is 20.6. The molecule has 1 aromatic rings. The van der Waals surface area contributed by atoms with Crippen LogP contribution in [0.15, 0.2) is 24.3 Å². The second-order valence-corrected chi connectivity index (χ2v) is 13.7. The van der Waals surface area contributed by atoms with Crippen molar-refractivity contribution in [3.05, 3.63) is 29.8 Å². The van der Waals surface area contributed by atoms with Crippen LogP contribution < -0.4 is 15.4 Å². The molecule has 1 aliphatic carbocycles. The molecule has 3 amide bonds. The number of amides is 3. The SMILES string of the molecule is CS(=O)(=O)N1CCC(OC(=O)NC(CC2CCCCC2)C(=O)NC(C=O)CCC(=O)N2CCOc3ccccc3C2)CC1. The van der Waals surface area contributed by atoms with Crippen LogP contribution in [-0.4, -0.2) is 92.5 Å². The van der Waals surface area contributed by atoms with Gasteiger partial charge < -0.3 is 29.8 Å². The summed E-state index contributed by atoms with van der Waals surface area (Å²) in [6.07, 6.45) is 7.13. The van der Waals surface area contributed by atoms with Crippen LogP contribution in [0.1, 0.15) is 69.8 Å². The van der Waals surface area contributed by atoms with Crippen LogP contribution in [0.4, 0.5) is 4.79 Å². The van der Waals surface area contributed by atoms with Gasteiger partial charge in [0.25, 0.3) is 0 Å². The number of hydrogen-bond acceptors (Lipinski definition) is 8. The number of nitrogens with one attached hydrogen (secondary N) is 2. The third kappa shape index (κ3) is 9.92. The minimum absolute atomic E-state index is 0.0702. The molecule has 3 aliphatic rings. The Morgan fingerprint density at radius 3 is 2.47 bits per heavy atom. The average molecular weight is 621 g/mol. The van der Waals surface area contributed by atoms with E-state index in [0.29, 0.717) is 45.2 Å². The maximum atomic E-state index is 13.4. The molecule has 2 heterocycles. The number of ether oxygens (including phenoxy) is 2. The Morgan fingerprint density at radius 1 is 1.05 bits per heavy atom. The first-order valence-electron chi connectivity index (χ1n) is 15.3. The topological polar surface area (TPSA) is 151 Å². The van der Waals surface area contributed by atoms with E-state index in [-0.39, 0.29) is 37.8 Å². The zero-order valence-corrected chi connectivity index (χ0v) is 25.7. The highest BCUT2D eigenvalue weighted by molar-refractivity contribution is 7.88. The van der Waals surface area contributed by atoms with Crippen LogP contribution in [-0.2, 0) is 35.7 Å². The lowest BCUT2D eigenvalue weighted by Crippen LogP contribution is -2.52. The summed E-state index contributed by atoms with van der Waals surface area (Å²) in [6.45, 7) is 1.74. The van der Waals surface area contributed by atoms with Crippen LogP contribution in [0, 0.1) is 5.92 Å². The molecule has 1 saturated heterocycles. The molecule has 2 fully saturated rings. The van der Waals surface area contributed by atoms with Gasteiger partial charge in [-0.05, 0) is 37.7 Å². The van der Waals surface area contributed by atoms with Gasteiger partial charge in [0.2, 0.25) is 21.8 Å². The number of sulfonamides is 1. The van der Waals surface area contributed by atoms with Crippen molar-refractivity contribution in [2.24, 2.45) is 5.92 Å². The summed E-state index contributed by atoms with van der Waals surface area (Å²) in [5.74, 6) is 0.386. The van der Waals surface area contributed by atoms with Gasteiger partial charge >= 0.3 is 6.09 Å². The fourth-order valence-corrected chi connectivity index (χ4v) is 6.90. The lowest BCUT2D eigenvalue weighted by atomic mass is 9.84. The van der Waals surface area contributed by atoms with Gasteiger partial charge in [0, 0.05) is 31.6 Å². The van der Waals surface area contributed by atoms with E-state index in [1.807, 2.05) is 24.3 Å². The maximum absolute atomic E-state index is 13.4. The standard InChI is InChI=1S/C30H44N4O8S/c1-43(39,40)34-15-13-25(14-16-34)42-30(38)32-26(19-22-7-3-2-4-8-22)29(37)31-24(21-35)11-12-28(36)33-17-18-41-27-10-6-5-9-23(27)20-33/h5-6,9-10,21-22,24-26H,2-4,7-8,11-20H2,1H3,(H,31,37)(H,32,38). The molecule has 4 rings (SSSR count). The molecule has 13 heteroatoms. The Labute approximate surface area is 253 Å². The van der Waals surface area contributed by atoms with Crippen molar-refractivity contribution in [2.45, 2.75) is 88.9 Å². The second-order valence-electron chi connectivity index (χ2n) is 11.8. The minimum Gasteiger partial charge on any atom is -0.491 e. The molecule has 12 nitrogen and oxygen atoms in total. The first kappa shape index (κ1) is 32.7. The summed E-state index contributed by atoms with van der Waals surface area (Å²) in [4.78, 5) is 52.8. The number of benzene rings is 1. The van der Waals surface area contributed by atoms with Crippen LogP contribution in [0.3, 0.4) is 0 Å². The zero-order chi connectivity index (χ0) is 30.8. The van der Waals surface area contributed by atoms with E-state index in [9.17, 15) is 27.6 Å². The van der Waals surface area contributed by atoms with E-state index in [1.165, 1.54) is 4.31 Å². The fourth-order valence-electron chi connectivity index (χ4n) is 6.03. The molecule has 2 N–H and O–H groups in total. The largest absolute Gasteiger partial charge is 0.491 e. The molecule has 0 radical (unpaired) electrons. The Bertz CT molecular complexity index is 1230. The summed E-state index contributed by atoms with van der Waals surface area (Å²) in [7, 11) is -3.30. The first-order valence-corrected chi connectivity index (χ1v) is 17.1. The average Bonchev–Trinajstić information content (AvgIpc) is 3.22. The van der Waals surface area contributed by atoms with Crippen LogP contribution in [0.25, 0.3) is 0 Å². The highest BCUT2D eigenvalue weighted by atomic mass is 32.2. The smallest absolute Gasteiger partial charge is 0.408 e. The summed E-state index contributed by atoms with van der Waals surface area (Å²) >= 11 is 0. The normalized spacial score (nSPS) is 20.1. The zero-order valence-electron chi connectivity index (χ0n) is 24.9. The molecule has 0 bridgehead atoms. The van der Waals surface area contributed by atoms with E-state index in [2.05, 4.69) is 10.6 Å². The van der Waals surface area contributed by atoms with Crippen molar-refractivity contribution >= 4 is 34.2 Å². The van der Waals surface area contributed by atoms with Crippen molar-refractivity contribution in [1.29, 1.82) is 0 Å². The third-order valence-corrected chi connectivity index (χ3v) is 9.82. The summed E-state index contributed by atoms with van der Waals surface area (Å²) in [6, 6.07) is 5.77. The summed E-state index contributed by atoms with van der Waals surface area (Å²) in [5, 5.41) is 5.43. The molecule has 43 heavy (non-hydrogen) atoms. The number of para-hydroxylation sites is 1. The molecule has 2 atom stereocenters. The predicted octanol–water partition coefficient (Wildman–Crippen LogP) is 2.36. The van der Waals surface area contributed by atoms with E-state index in [0.717, 1.165) is 49.7 Å². The van der Waals surface area contributed by atoms with Gasteiger partial charge in [-0.15, -0.1) is 0 Å². The third-order valence-electron chi connectivity index (χ3n) is 8.51. The van der Waals surface area contributed by atoms with Crippen molar-refractivity contribution < 1.29 is 37.1 Å². The van der Waals surface area contributed by atoms with Crippen molar-refractivity contribution in [3.8, 4) is 5.75 Å². The maximum Gasteiger partial charge on any atom is 0.408 e. The summed E-state index contributed by atoms with van der Waals surface area (Å²) < 4.78 is 36.2. The quantitative estimate of drug-likeness (QED) is 0.358. The molecule has 2 aliphatic heterocycles. The number of carbonyl (C=O) groups is 4. The monoisotopic (exact) mass is 620 g/mol. The second kappa shape index (κ2) is 15.5. The number of carbonyl (C=O) groups excluding carboxylic acids is 4. The van der Waals surface area contributed by atoms with Crippen molar-refractivity contribution in [1.82, 2.24) is 19.8 Å². The van der Waals surface area contributed by atoms with E-state index >= 15 is 0 Å². The molecular formula is C30H44N4O8S. The molecule has 0 aromatic heterocycles. The number of hydrogen-bond donors (Lipinski definition) is 2. The number of rotatable bonds is 11. The number of alkyl carbamates (subject to hydrolysis) is 1. The van der Waals surface area contributed by atoms with Gasteiger partial charge in [0.1, 0.15) is 30.8 Å². The Hall–Kier alpha value is -3.19. The Balaban J connectivity index is 1.30. The molecule has 1 saturated carbocycles. The molecule has 238 valence electrons.